The molecule has 3 heterocycles. The van der Waals surface area contributed by atoms with E-state index in [1.807, 2.05) is 18.2 Å². The molecule has 0 atom stereocenters. The Morgan fingerprint density at radius 1 is 1.13 bits per heavy atom. The lowest BCUT2D eigenvalue weighted by Crippen LogP contribution is -2.46. The average molecular weight is 543 g/mol. The zero-order chi connectivity index (χ0) is 27.2. The van der Waals surface area contributed by atoms with Crippen LogP contribution in [0, 0.1) is 5.82 Å². The Morgan fingerprint density at radius 2 is 1.84 bits per heavy atom. The van der Waals surface area contributed by atoms with Crippen LogP contribution in [0.1, 0.15) is 42.3 Å². The molecule has 10 heteroatoms. The summed E-state index contributed by atoms with van der Waals surface area (Å²) in [4.78, 5) is 30.8. The molecule has 0 radical (unpaired) electrons. The molecular formula is C28H32ClFN4O4. The van der Waals surface area contributed by atoms with Gasteiger partial charge in [-0.25, -0.2) is 13.8 Å². The van der Waals surface area contributed by atoms with Gasteiger partial charge in [0.1, 0.15) is 11.4 Å². The number of hydrogen-bond acceptors (Lipinski definition) is 6. The van der Waals surface area contributed by atoms with Gasteiger partial charge in [-0.2, -0.15) is 0 Å². The van der Waals surface area contributed by atoms with Gasteiger partial charge in [0.05, 0.1) is 28.4 Å². The van der Waals surface area contributed by atoms with E-state index in [-0.39, 0.29) is 29.6 Å². The predicted octanol–water partition coefficient (Wildman–Crippen LogP) is 4.24. The minimum Gasteiger partial charge on any atom is -0.443 e. The highest BCUT2D eigenvalue weighted by atomic mass is 35.5. The Morgan fingerprint density at radius 3 is 2.53 bits per heavy atom. The smallest absolute Gasteiger partial charge is 0.419 e. The van der Waals surface area contributed by atoms with Gasteiger partial charge in [0.15, 0.2) is 0 Å². The van der Waals surface area contributed by atoms with Crippen LogP contribution >= 0.6 is 11.6 Å². The maximum Gasteiger partial charge on any atom is 0.419 e. The largest absolute Gasteiger partial charge is 0.443 e. The van der Waals surface area contributed by atoms with E-state index in [4.69, 9.17) is 16.3 Å². The number of amides is 1. The molecule has 0 bridgehead atoms. The minimum atomic E-state index is -0.756. The molecule has 2 aromatic carbocycles. The van der Waals surface area contributed by atoms with Gasteiger partial charge in [0.2, 0.25) is 0 Å². The van der Waals surface area contributed by atoms with Gasteiger partial charge in [0.25, 0.3) is 5.91 Å². The van der Waals surface area contributed by atoms with Crippen LogP contribution in [0.5, 0.6) is 0 Å². The highest BCUT2D eigenvalue weighted by Gasteiger charge is 2.31. The average Bonchev–Trinajstić information content (AvgIpc) is 3.42. The fourth-order valence-electron chi connectivity index (χ4n) is 5.20. The van der Waals surface area contributed by atoms with Crippen LogP contribution in [-0.2, 0) is 17.8 Å². The number of aromatic nitrogens is 1. The number of benzene rings is 2. The molecule has 0 unspecified atom stereocenters. The number of fused-ring (bicyclic) bond motifs is 2. The van der Waals surface area contributed by atoms with Crippen molar-refractivity contribution in [2.24, 2.45) is 0 Å². The van der Waals surface area contributed by atoms with Gasteiger partial charge >= 0.3 is 6.09 Å². The topological polar surface area (TPSA) is 87.0 Å². The fourth-order valence-corrected chi connectivity index (χ4v) is 5.42. The first-order valence-corrected chi connectivity index (χ1v) is 13.2. The monoisotopic (exact) mass is 542 g/mol. The first-order chi connectivity index (χ1) is 18.1. The minimum absolute atomic E-state index is 0.0941. The second kappa shape index (κ2) is 10.3. The molecule has 8 nitrogen and oxygen atoms in total. The molecule has 0 aliphatic carbocycles. The summed E-state index contributed by atoms with van der Waals surface area (Å²) in [5.41, 5.74) is 2.24. The number of aliphatic hydroxyl groups excluding tert-OH is 1. The van der Waals surface area contributed by atoms with Gasteiger partial charge in [0, 0.05) is 62.3 Å². The lowest BCUT2D eigenvalue weighted by molar-refractivity contribution is 0.0547. The Hall–Kier alpha value is -2.98. The lowest BCUT2D eigenvalue weighted by atomic mass is 9.99. The number of aliphatic hydroxyl groups is 1. The second-order valence-corrected chi connectivity index (χ2v) is 11.2. The Bertz CT molecular complexity index is 1410. The second-order valence-electron chi connectivity index (χ2n) is 10.8. The summed E-state index contributed by atoms with van der Waals surface area (Å²) in [5, 5.41) is 12.6. The summed E-state index contributed by atoms with van der Waals surface area (Å²) >= 11 is 6.19. The Balaban J connectivity index is 1.57. The van der Waals surface area contributed by atoms with Gasteiger partial charge in [-0.15, -0.1) is 0 Å². The van der Waals surface area contributed by atoms with Crippen LogP contribution < -0.4 is 5.32 Å². The van der Waals surface area contributed by atoms with E-state index < -0.39 is 17.5 Å². The number of nitrogens with zero attached hydrogens (tertiary/aromatic N) is 3. The van der Waals surface area contributed by atoms with Crippen molar-refractivity contribution < 1.29 is 23.8 Å². The molecule has 1 saturated heterocycles. The lowest BCUT2D eigenvalue weighted by Gasteiger charge is -2.34. The maximum absolute atomic E-state index is 14.9. The third kappa shape index (κ3) is 5.16. The Labute approximate surface area is 225 Å². The molecule has 202 valence electrons. The number of carbonyl (C=O) groups is 2. The summed E-state index contributed by atoms with van der Waals surface area (Å²) in [5.74, 6) is -1.02. The third-order valence-electron chi connectivity index (χ3n) is 6.97. The van der Waals surface area contributed by atoms with Gasteiger partial charge in [-0.1, -0.05) is 17.7 Å². The fraction of sp³-hybridized carbons (Fsp3) is 0.429. The van der Waals surface area contributed by atoms with Crippen LogP contribution in [0.25, 0.3) is 22.2 Å². The van der Waals surface area contributed by atoms with Crippen molar-refractivity contribution in [3.05, 3.63) is 57.9 Å². The van der Waals surface area contributed by atoms with Crippen molar-refractivity contribution in [2.45, 2.75) is 39.5 Å². The zero-order valence-electron chi connectivity index (χ0n) is 21.8. The number of hydrogen-bond donors (Lipinski definition) is 2. The standard InChI is InChI=1S/C28H32ClFN4O4/c1-28(2,3)38-27(37)34-22-5-4-17(16-33-8-6-32(7-9-33)10-11-35)12-18(22)13-23(34)19-14-21(30)25(29)20-15-31-26(36)24(19)20/h4-5,12-14,35H,6-11,15-16H2,1-3H3,(H,31,36). The molecule has 0 spiro atoms. The van der Waals surface area contributed by atoms with Crippen LogP contribution in [0.15, 0.2) is 30.3 Å². The predicted molar refractivity (Wildman–Crippen MR) is 144 cm³/mol. The van der Waals surface area contributed by atoms with E-state index in [2.05, 4.69) is 15.1 Å². The Kier molecular flexibility index (Phi) is 7.21. The van der Waals surface area contributed by atoms with E-state index in [1.165, 1.54) is 10.6 Å². The highest BCUT2D eigenvalue weighted by molar-refractivity contribution is 6.32. The quantitative estimate of drug-likeness (QED) is 0.501. The molecule has 1 aromatic heterocycles. The number of piperazine rings is 1. The van der Waals surface area contributed by atoms with E-state index >= 15 is 0 Å². The van der Waals surface area contributed by atoms with Crippen molar-refractivity contribution in [3.63, 3.8) is 0 Å². The number of nitrogens with one attached hydrogen (secondary N) is 1. The number of rotatable bonds is 5. The SMILES string of the molecule is CC(C)(C)OC(=O)n1c(-c2cc(F)c(Cl)c3c2C(=O)NC3)cc2cc(CN3CCN(CCO)CC3)ccc21. The molecule has 1 fully saturated rings. The van der Waals surface area contributed by atoms with Gasteiger partial charge < -0.3 is 15.2 Å². The molecule has 38 heavy (non-hydrogen) atoms. The van der Waals surface area contributed by atoms with Gasteiger partial charge in [-0.05, 0) is 50.6 Å². The first kappa shape index (κ1) is 26.6. The molecule has 3 aromatic rings. The molecule has 5 rings (SSSR count). The number of ether oxygens (including phenoxy) is 1. The summed E-state index contributed by atoms with van der Waals surface area (Å²) in [6.45, 7) is 10.6. The molecule has 0 saturated carbocycles. The van der Waals surface area contributed by atoms with Crippen molar-refractivity contribution in [1.29, 1.82) is 0 Å². The van der Waals surface area contributed by atoms with Crippen LogP contribution in [0.3, 0.4) is 0 Å². The van der Waals surface area contributed by atoms with E-state index in [0.29, 0.717) is 28.9 Å². The number of β-amino-alcohol motifs (C(OH)–C–C–N with tert-alkyl or cyclic N) is 1. The van der Waals surface area contributed by atoms with E-state index in [1.54, 1.807) is 26.8 Å². The molecule has 2 N–H and O–H groups in total. The van der Waals surface area contributed by atoms with Crippen LogP contribution in [0.2, 0.25) is 5.02 Å². The molecule has 1 amide bonds. The molecule has 2 aliphatic heterocycles. The maximum atomic E-state index is 14.9. The van der Waals surface area contributed by atoms with Crippen molar-refractivity contribution in [2.75, 3.05) is 39.3 Å². The summed E-state index contributed by atoms with van der Waals surface area (Å²) in [6.07, 6.45) is -0.613. The summed E-state index contributed by atoms with van der Waals surface area (Å²) < 4.78 is 22.0. The molecule has 2 aliphatic rings. The van der Waals surface area contributed by atoms with E-state index in [0.717, 1.165) is 43.7 Å². The number of carbonyl (C=O) groups excluding carboxylic acids is 2. The zero-order valence-corrected chi connectivity index (χ0v) is 22.6. The van der Waals surface area contributed by atoms with Crippen molar-refractivity contribution >= 4 is 34.5 Å². The summed E-state index contributed by atoms with van der Waals surface area (Å²) in [6, 6.07) is 8.89. The first-order valence-electron chi connectivity index (χ1n) is 12.8. The summed E-state index contributed by atoms with van der Waals surface area (Å²) in [7, 11) is 0. The molecular weight excluding hydrogens is 511 g/mol. The van der Waals surface area contributed by atoms with Crippen LogP contribution in [-0.4, -0.2) is 76.4 Å². The highest BCUT2D eigenvalue weighted by Crippen LogP contribution is 2.38. The number of halogens is 2. The normalized spacial score (nSPS) is 16.6. The van der Waals surface area contributed by atoms with Gasteiger partial charge in [-0.3, -0.25) is 14.6 Å². The van der Waals surface area contributed by atoms with Crippen LogP contribution in [0.4, 0.5) is 9.18 Å². The van der Waals surface area contributed by atoms with E-state index in [9.17, 15) is 19.1 Å². The third-order valence-corrected chi connectivity index (χ3v) is 7.38. The van der Waals surface area contributed by atoms with Crippen molar-refractivity contribution in [3.8, 4) is 11.3 Å². The van der Waals surface area contributed by atoms with Crippen molar-refractivity contribution in [1.82, 2.24) is 19.7 Å².